The Hall–Kier alpha value is -1.39. The lowest BCUT2D eigenvalue weighted by Gasteiger charge is -2.07. The lowest BCUT2D eigenvalue weighted by molar-refractivity contribution is -0.117. The molecule has 0 aliphatic rings. The third-order valence-corrected chi connectivity index (χ3v) is 3.95. The lowest BCUT2D eigenvalue weighted by Crippen LogP contribution is -2.08. The molecule has 0 saturated heterocycles. The van der Waals surface area contributed by atoms with Crippen molar-refractivity contribution in [1.82, 2.24) is 0 Å². The number of Topliss-reactive ketones (excluding diaryl/α,β-unsaturated/α-hetero) is 1. The Kier molecular flexibility index (Phi) is 5.37. The van der Waals surface area contributed by atoms with Crippen molar-refractivity contribution in [2.24, 2.45) is 0 Å². The summed E-state index contributed by atoms with van der Waals surface area (Å²) in [4.78, 5) is 12.1. The Balaban J connectivity index is 2.08. The normalized spacial score (nSPS) is 10.5. The molecule has 0 fully saturated rings. The van der Waals surface area contributed by atoms with Gasteiger partial charge >= 0.3 is 0 Å². The van der Waals surface area contributed by atoms with Crippen LogP contribution in [0, 0.1) is 5.82 Å². The first kappa shape index (κ1) is 16.0. The quantitative estimate of drug-likeness (QED) is 0.767. The summed E-state index contributed by atoms with van der Waals surface area (Å²) in [6.07, 6.45) is 0.255. The second kappa shape index (κ2) is 7.05. The van der Waals surface area contributed by atoms with Gasteiger partial charge in [-0.1, -0.05) is 29.8 Å². The number of rotatable bonds is 5. The van der Waals surface area contributed by atoms with E-state index >= 15 is 0 Å². The molecule has 0 atom stereocenters. The van der Waals surface area contributed by atoms with Crippen LogP contribution in [0.3, 0.4) is 0 Å². The smallest absolute Gasteiger partial charge is 0.145 e. The summed E-state index contributed by atoms with van der Waals surface area (Å²) in [6, 6.07) is 10.1. The Morgan fingerprint density at radius 3 is 2.71 bits per heavy atom. The molecule has 0 aliphatic heterocycles. The summed E-state index contributed by atoms with van der Waals surface area (Å²) >= 11 is 9.08. The molecule has 0 unspecified atom stereocenters. The van der Waals surface area contributed by atoms with Crippen LogP contribution >= 0.6 is 27.5 Å². The van der Waals surface area contributed by atoms with Crippen LogP contribution < -0.4 is 4.74 Å². The van der Waals surface area contributed by atoms with Gasteiger partial charge in [0, 0.05) is 12.8 Å². The van der Waals surface area contributed by atoms with E-state index in [2.05, 4.69) is 15.9 Å². The molecule has 0 bridgehead atoms. The van der Waals surface area contributed by atoms with Crippen molar-refractivity contribution < 1.29 is 13.9 Å². The average Bonchev–Trinajstić information content (AvgIpc) is 2.44. The van der Waals surface area contributed by atoms with E-state index in [1.54, 1.807) is 25.3 Å². The molecule has 0 amide bonds. The highest BCUT2D eigenvalue weighted by Crippen LogP contribution is 2.26. The fourth-order valence-electron chi connectivity index (χ4n) is 2.01. The molecule has 5 heteroatoms. The van der Waals surface area contributed by atoms with Crippen LogP contribution in [0.2, 0.25) is 5.02 Å². The van der Waals surface area contributed by atoms with E-state index in [9.17, 15) is 9.18 Å². The van der Waals surface area contributed by atoms with Gasteiger partial charge in [-0.2, -0.15) is 0 Å². The fourth-order valence-corrected chi connectivity index (χ4v) is 2.79. The Bertz CT molecular complexity index is 673. The third-order valence-electron chi connectivity index (χ3n) is 3.04. The van der Waals surface area contributed by atoms with E-state index in [0.29, 0.717) is 11.3 Å². The second-order valence-electron chi connectivity index (χ2n) is 4.57. The van der Waals surface area contributed by atoms with Crippen LogP contribution in [-0.2, 0) is 17.6 Å². The summed E-state index contributed by atoms with van der Waals surface area (Å²) in [5.41, 5.74) is 1.16. The first-order valence-corrected chi connectivity index (χ1v) is 7.45. The zero-order chi connectivity index (χ0) is 15.4. The zero-order valence-electron chi connectivity index (χ0n) is 11.3. The van der Waals surface area contributed by atoms with Crippen molar-refractivity contribution in [3.05, 3.63) is 62.8 Å². The zero-order valence-corrected chi connectivity index (χ0v) is 13.7. The molecule has 0 radical (unpaired) electrons. The molecule has 0 saturated carbocycles. The van der Waals surface area contributed by atoms with E-state index in [1.165, 1.54) is 6.07 Å². The van der Waals surface area contributed by atoms with Gasteiger partial charge in [0.2, 0.25) is 0 Å². The molecule has 0 aliphatic carbocycles. The van der Waals surface area contributed by atoms with Crippen molar-refractivity contribution in [1.29, 1.82) is 0 Å². The lowest BCUT2D eigenvalue weighted by atomic mass is 10.0. The predicted octanol–water partition coefficient (Wildman–Crippen LogP) is 4.60. The number of ether oxygens (including phenoxy) is 1. The maximum atomic E-state index is 13.8. The predicted molar refractivity (Wildman–Crippen MR) is 84.5 cm³/mol. The average molecular weight is 372 g/mol. The number of carbonyl (C=O) groups is 1. The summed E-state index contributed by atoms with van der Waals surface area (Å²) in [5.74, 6) is 0.101. The van der Waals surface area contributed by atoms with Gasteiger partial charge in [-0.15, -0.1) is 0 Å². The molecule has 2 aromatic rings. The van der Waals surface area contributed by atoms with E-state index < -0.39 is 5.82 Å². The van der Waals surface area contributed by atoms with E-state index in [-0.39, 0.29) is 23.6 Å². The minimum atomic E-state index is -0.525. The number of methoxy groups -OCH3 is 1. The molecule has 0 aromatic heterocycles. The number of benzene rings is 2. The number of hydrogen-bond acceptors (Lipinski definition) is 2. The number of halogens is 3. The van der Waals surface area contributed by atoms with Crippen molar-refractivity contribution in [3.63, 3.8) is 0 Å². The van der Waals surface area contributed by atoms with Crippen LogP contribution in [0.15, 0.2) is 40.9 Å². The molecule has 2 rings (SSSR count). The molecule has 21 heavy (non-hydrogen) atoms. The summed E-state index contributed by atoms with van der Waals surface area (Å²) in [6.45, 7) is 0. The summed E-state index contributed by atoms with van der Waals surface area (Å²) < 4.78 is 19.7. The highest BCUT2D eigenvalue weighted by Gasteiger charge is 2.12. The van der Waals surface area contributed by atoms with Crippen molar-refractivity contribution in [3.8, 4) is 5.75 Å². The van der Waals surface area contributed by atoms with Gasteiger partial charge in [-0.25, -0.2) is 4.39 Å². The van der Waals surface area contributed by atoms with E-state index in [1.807, 2.05) is 12.1 Å². The third kappa shape index (κ3) is 4.05. The summed E-state index contributed by atoms with van der Waals surface area (Å²) in [5, 5.41) is 0.0347. The molecule has 110 valence electrons. The maximum absolute atomic E-state index is 13.8. The van der Waals surface area contributed by atoms with E-state index in [0.717, 1.165) is 10.0 Å². The SMILES string of the molecule is COc1ccc(CC(=O)Cc2cccc(Cl)c2F)cc1Br. The van der Waals surface area contributed by atoms with Gasteiger partial charge in [0.25, 0.3) is 0 Å². The van der Waals surface area contributed by atoms with Gasteiger partial charge in [-0.05, 0) is 45.3 Å². The molecule has 2 aromatic carbocycles. The molecule has 0 spiro atoms. The molecule has 0 heterocycles. The highest BCUT2D eigenvalue weighted by atomic mass is 79.9. The first-order valence-electron chi connectivity index (χ1n) is 6.28. The van der Waals surface area contributed by atoms with Crippen molar-refractivity contribution in [2.45, 2.75) is 12.8 Å². The van der Waals surface area contributed by atoms with Crippen LogP contribution in [0.25, 0.3) is 0 Å². The second-order valence-corrected chi connectivity index (χ2v) is 5.84. The molecular weight excluding hydrogens is 359 g/mol. The van der Waals surface area contributed by atoms with Gasteiger partial charge in [0.1, 0.15) is 17.3 Å². The Morgan fingerprint density at radius 2 is 2.05 bits per heavy atom. The van der Waals surface area contributed by atoms with Crippen LogP contribution in [0.1, 0.15) is 11.1 Å². The van der Waals surface area contributed by atoms with Crippen LogP contribution in [0.5, 0.6) is 5.75 Å². The summed E-state index contributed by atoms with van der Waals surface area (Å²) in [7, 11) is 1.58. The monoisotopic (exact) mass is 370 g/mol. The highest BCUT2D eigenvalue weighted by molar-refractivity contribution is 9.10. The standard InChI is InChI=1S/C16H13BrClFO2/c1-21-15-6-5-10(8-13(15)17)7-12(20)9-11-3-2-4-14(18)16(11)19/h2-6,8H,7,9H2,1H3. The van der Waals surface area contributed by atoms with Crippen molar-refractivity contribution in [2.75, 3.05) is 7.11 Å². The van der Waals surface area contributed by atoms with Crippen LogP contribution in [-0.4, -0.2) is 12.9 Å². The Morgan fingerprint density at radius 1 is 1.29 bits per heavy atom. The number of carbonyl (C=O) groups excluding carboxylic acids is 1. The molecule has 2 nitrogen and oxygen atoms in total. The topological polar surface area (TPSA) is 26.3 Å². The largest absolute Gasteiger partial charge is 0.496 e. The van der Waals surface area contributed by atoms with Gasteiger partial charge in [-0.3, -0.25) is 4.79 Å². The number of ketones is 1. The van der Waals surface area contributed by atoms with Crippen molar-refractivity contribution >= 4 is 33.3 Å². The minimum Gasteiger partial charge on any atom is -0.496 e. The maximum Gasteiger partial charge on any atom is 0.145 e. The van der Waals surface area contributed by atoms with Gasteiger partial charge in [0.05, 0.1) is 16.6 Å². The molecule has 0 N–H and O–H groups in total. The fraction of sp³-hybridized carbons (Fsp3) is 0.188. The minimum absolute atomic E-state index is 0.0239. The Labute approximate surface area is 136 Å². The van der Waals surface area contributed by atoms with Gasteiger partial charge < -0.3 is 4.74 Å². The van der Waals surface area contributed by atoms with Gasteiger partial charge in [0.15, 0.2) is 0 Å². The first-order chi connectivity index (χ1) is 10.0. The van der Waals surface area contributed by atoms with E-state index in [4.69, 9.17) is 16.3 Å². The molecular formula is C16H13BrClFO2. The number of hydrogen-bond donors (Lipinski definition) is 0. The van der Waals surface area contributed by atoms with Crippen LogP contribution in [0.4, 0.5) is 4.39 Å².